The van der Waals surface area contributed by atoms with Crippen molar-refractivity contribution in [3.8, 4) is 0 Å². The van der Waals surface area contributed by atoms with Crippen molar-refractivity contribution in [2.24, 2.45) is 22.0 Å². The second-order valence-electron chi connectivity index (χ2n) is 8.77. The zero-order valence-electron chi connectivity index (χ0n) is 18.7. The van der Waals surface area contributed by atoms with Gasteiger partial charge in [0, 0.05) is 0 Å². The second kappa shape index (κ2) is 9.26. The summed E-state index contributed by atoms with van der Waals surface area (Å²) < 4.78 is 50.7. The summed E-state index contributed by atoms with van der Waals surface area (Å²) >= 11 is 0. The topological polar surface area (TPSA) is 117 Å². The summed E-state index contributed by atoms with van der Waals surface area (Å²) in [7, 11) is -7.69. The summed E-state index contributed by atoms with van der Waals surface area (Å²) in [6.07, 6.45) is 3.95. The molecule has 4 rings (SSSR count). The SMILES string of the molecule is Cc1ccc(S(=O)(=O)NN=C2CCC3CC3CCC2=NNS(=O)(=O)c2ccc(C)cc2)cc1. The zero-order chi connectivity index (χ0) is 23.6. The fourth-order valence-electron chi connectivity index (χ4n) is 3.96. The quantitative estimate of drug-likeness (QED) is 0.605. The van der Waals surface area contributed by atoms with E-state index in [2.05, 4.69) is 19.9 Å². The van der Waals surface area contributed by atoms with E-state index in [-0.39, 0.29) is 9.79 Å². The summed E-state index contributed by atoms with van der Waals surface area (Å²) in [5.41, 5.74) is 2.83. The predicted octanol–water partition coefficient (Wildman–Crippen LogP) is 3.48. The van der Waals surface area contributed by atoms with E-state index in [0.29, 0.717) is 36.1 Å². The number of rotatable bonds is 6. The molecule has 0 spiro atoms. The van der Waals surface area contributed by atoms with E-state index in [1.807, 2.05) is 13.8 Å². The Bertz CT molecular complexity index is 1180. The lowest BCUT2D eigenvalue weighted by Gasteiger charge is -2.15. The standard InChI is InChI=1S/C23H28N4O4S2/c1-16-3-9-20(10-4-16)32(28,29)26-24-22-13-7-18-15-19(18)8-14-23(22)25-27-33(30,31)21-11-5-17(2)6-12-21/h3-6,9-12,18-19,26-27H,7-8,13-15H2,1-2H3. The van der Waals surface area contributed by atoms with Gasteiger partial charge >= 0.3 is 0 Å². The van der Waals surface area contributed by atoms with Gasteiger partial charge in [-0.05, 0) is 82.1 Å². The number of hydrogen-bond acceptors (Lipinski definition) is 6. The van der Waals surface area contributed by atoms with Crippen molar-refractivity contribution < 1.29 is 16.8 Å². The Balaban J connectivity index is 1.58. The Labute approximate surface area is 195 Å². The third-order valence-corrected chi connectivity index (χ3v) is 8.62. The molecule has 0 radical (unpaired) electrons. The van der Waals surface area contributed by atoms with E-state index in [9.17, 15) is 16.8 Å². The molecule has 2 aromatic carbocycles. The molecule has 2 aliphatic carbocycles. The van der Waals surface area contributed by atoms with Crippen LogP contribution in [0.5, 0.6) is 0 Å². The van der Waals surface area contributed by atoms with E-state index < -0.39 is 20.0 Å². The Kier molecular flexibility index (Phi) is 6.58. The molecule has 2 saturated carbocycles. The van der Waals surface area contributed by atoms with Crippen molar-refractivity contribution in [1.29, 1.82) is 0 Å². The smallest absolute Gasteiger partial charge is 0.200 e. The average Bonchev–Trinajstić information content (AvgIpc) is 3.51. The van der Waals surface area contributed by atoms with Crippen molar-refractivity contribution in [3.05, 3.63) is 59.7 Å². The van der Waals surface area contributed by atoms with Crippen LogP contribution in [0.15, 0.2) is 68.5 Å². The van der Waals surface area contributed by atoms with Crippen molar-refractivity contribution in [2.45, 2.75) is 55.7 Å². The Morgan fingerprint density at radius 1 is 0.667 bits per heavy atom. The summed E-state index contributed by atoms with van der Waals surface area (Å²) in [5, 5.41) is 8.38. The molecule has 0 amide bonds. The normalized spacial score (nSPS) is 23.5. The number of hydrogen-bond donors (Lipinski definition) is 2. The largest absolute Gasteiger partial charge is 0.276 e. The lowest BCUT2D eigenvalue weighted by molar-refractivity contribution is 0.581. The van der Waals surface area contributed by atoms with Crippen LogP contribution in [-0.4, -0.2) is 28.3 Å². The van der Waals surface area contributed by atoms with E-state index >= 15 is 0 Å². The summed E-state index contributed by atoms with van der Waals surface area (Å²) in [6, 6.07) is 13.0. The first kappa shape index (κ1) is 23.4. The highest BCUT2D eigenvalue weighted by Crippen LogP contribution is 2.46. The van der Waals surface area contributed by atoms with Crippen LogP contribution in [0.25, 0.3) is 0 Å². The van der Waals surface area contributed by atoms with Crippen LogP contribution in [-0.2, 0) is 20.0 Å². The lowest BCUT2D eigenvalue weighted by Crippen LogP contribution is -2.28. The van der Waals surface area contributed by atoms with Crippen molar-refractivity contribution in [2.75, 3.05) is 0 Å². The van der Waals surface area contributed by atoms with Gasteiger partial charge < -0.3 is 0 Å². The van der Waals surface area contributed by atoms with Crippen molar-refractivity contribution >= 4 is 31.5 Å². The van der Waals surface area contributed by atoms with E-state index in [0.717, 1.165) is 30.4 Å². The molecular weight excluding hydrogens is 460 g/mol. The van der Waals surface area contributed by atoms with Gasteiger partial charge in [0.25, 0.3) is 20.0 Å². The molecule has 2 fully saturated rings. The van der Waals surface area contributed by atoms with Crippen LogP contribution in [0.1, 0.15) is 43.2 Å². The van der Waals surface area contributed by atoms with Gasteiger partial charge in [-0.15, -0.1) is 0 Å². The third-order valence-electron chi connectivity index (χ3n) is 6.17. The minimum absolute atomic E-state index is 0.115. The molecule has 0 aromatic heterocycles. The Morgan fingerprint density at radius 2 is 1.03 bits per heavy atom. The highest BCUT2D eigenvalue weighted by Gasteiger charge is 2.38. The molecule has 0 heterocycles. The molecule has 8 nitrogen and oxygen atoms in total. The van der Waals surface area contributed by atoms with Gasteiger partial charge in [0.1, 0.15) is 0 Å². The lowest BCUT2D eigenvalue weighted by atomic mass is 9.97. The van der Waals surface area contributed by atoms with Crippen molar-refractivity contribution in [1.82, 2.24) is 9.66 Å². The van der Waals surface area contributed by atoms with Crippen LogP contribution < -0.4 is 9.66 Å². The van der Waals surface area contributed by atoms with E-state index in [1.54, 1.807) is 24.3 Å². The highest BCUT2D eigenvalue weighted by atomic mass is 32.2. The van der Waals surface area contributed by atoms with Gasteiger partial charge in [0.05, 0.1) is 21.2 Å². The van der Waals surface area contributed by atoms with E-state index in [4.69, 9.17) is 0 Å². The molecular formula is C23H28N4O4S2. The van der Waals surface area contributed by atoms with Crippen LogP contribution >= 0.6 is 0 Å². The first-order chi connectivity index (χ1) is 15.6. The fourth-order valence-corrected chi connectivity index (χ4v) is 5.62. The molecule has 0 bridgehead atoms. The van der Waals surface area contributed by atoms with Crippen LogP contribution in [0.2, 0.25) is 0 Å². The molecule has 10 heteroatoms. The number of sulfonamides is 2. The number of hydrazone groups is 2. The van der Waals surface area contributed by atoms with Gasteiger partial charge in [0.15, 0.2) is 0 Å². The summed E-state index contributed by atoms with van der Waals surface area (Å²) in [5.74, 6) is 1.24. The highest BCUT2D eigenvalue weighted by molar-refractivity contribution is 7.89. The van der Waals surface area contributed by atoms with Crippen LogP contribution in [0.3, 0.4) is 0 Å². The maximum Gasteiger partial charge on any atom is 0.276 e. The minimum atomic E-state index is -3.85. The van der Waals surface area contributed by atoms with Gasteiger partial charge in [0.2, 0.25) is 0 Å². The molecule has 2 aromatic rings. The fraction of sp³-hybridized carbons (Fsp3) is 0.391. The second-order valence-corrected chi connectivity index (χ2v) is 12.1. The van der Waals surface area contributed by atoms with Gasteiger partial charge in [-0.25, -0.2) is 0 Å². The van der Waals surface area contributed by atoms with Gasteiger partial charge in [-0.2, -0.15) is 36.7 Å². The van der Waals surface area contributed by atoms with Gasteiger partial charge in [-0.1, -0.05) is 35.4 Å². The molecule has 0 saturated heterocycles. The molecule has 2 N–H and O–H groups in total. The minimum Gasteiger partial charge on any atom is -0.200 e. The molecule has 176 valence electrons. The van der Waals surface area contributed by atoms with Crippen molar-refractivity contribution in [3.63, 3.8) is 0 Å². The first-order valence-corrected chi connectivity index (χ1v) is 13.9. The molecule has 2 atom stereocenters. The predicted molar refractivity (Wildman–Crippen MR) is 128 cm³/mol. The molecule has 0 aliphatic heterocycles. The molecule has 2 unspecified atom stereocenters. The third kappa shape index (κ3) is 5.80. The number of nitrogens with one attached hydrogen (secondary N) is 2. The number of benzene rings is 2. The molecule has 33 heavy (non-hydrogen) atoms. The first-order valence-electron chi connectivity index (χ1n) is 10.9. The Hall–Kier alpha value is -2.72. The number of nitrogens with zero attached hydrogens (tertiary/aromatic N) is 2. The zero-order valence-corrected chi connectivity index (χ0v) is 20.3. The Morgan fingerprint density at radius 3 is 1.39 bits per heavy atom. The maximum atomic E-state index is 12.7. The van der Waals surface area contributed by atoms with Crippen LogP contribution in [0, 0.1) is 25.7 Å². The monoisotopic (exact) mass is 488 g/mol. The number of aryl methyl sites for hydroxylation is 2. The maximum absolute atomic E-state index is 12.7. The average molecular weight is 489 g/mol. The number of fused-ring (bicyclic) bond motifs is 1. The van der Waals surface area contributed by atoms with Crippen LogP contribution in [0.4, 0.5) is 0 Å². The summed E-state index contributed by atoms with van der Waals surface area (Å²) in [6.45, 7) is 3.76. The summed E-state index contributed by atoms with van der Waals surface area (Å²) in [4.78, 5) is 4.85. The van der Waals surface area contributed by atoms with Gasteiger partial charge in [-0.3, -0.25) is 0 Å². The van der Waals surface area contributed by atoms with E-state index in [1.165, 1.54) is 24.3 Å². The molecule has 2 aliphatic rings.